The molecular weight excluding hydrogens is 845 g/mol. The number of rotatable bonds is 10. The van der Waals surface area contributed by atoms with Crippen molar-refractivity contribution in [1.82, 2.24) is 0 Å². The Morgan fingerprint density at radius 2 is 0.477 bits per heavy atom. The Hall–Kier alpha value is -5.37. The third-order valence-corrected chi connectivity index (χ3v) is 22.3. The second-order valence-electron chi connectivity index (χ2n) is 22.7. The van der Waals surface area contributed by atoms with Crippen molar-refractivity contribution in [2.24, 2.45) is 0 Å². The molecule has 0 atom stereocenters. The van der Waals surface area contributed by atoms with Crippen LogP contribution in [0.25, 0.3) is 55.6 Å². The maximum Gasteiger partial charge on any atom is 0.0775 e. The molecule has 0 heterocycles. The fraction of sp³-hybridized carbons (Fsp3) is 0.213. The lowest BCUT2D eigenvalue weighted by Gasteiger charge is -2.35. The standard InChI is InChI=1S/C61H66Si4/c1-62(2,3)53-29-21-43(22-30-53)47-37-48(44-23-31-54(32-24-44)63(4,5)6)40-51(39-47)61(59-19-15-13-17-57(59)58-18-14-16-20-60(58)61)52-41-49(45-25-33-55(34-26-45)64(7,8)9)38-50(42-52)46-27-35-56(36-28-46)65(10,11)12/h13-42H,1-12H3. The molecule has 0 amide bonds. The van der Waals surface area contributed by atoms with Gasteiger partial charge in [-0.1, -0.05) is 245 Å². The number of benzene rings is 8. The summed E-state index contributed by atoms with van der Waals surface area (Å²) in [6.45, 7) is 29.3. The van der Waals surface area contributed by atoms with E-state index in [4.69, 9.17) is 0 Å². The highest BCUT2D eigenvalue weighted by Crippen LogP contribution is 2.57. The summed E-state index contributed by atoms with van der Waals surface area (Å²) < 4.78 is 0. The van der Waals surface area contributed by atoms with Crippen molar-refractivity contribution < 1.29 is 0 Å². The van der Waals surface area contributed by atoms with E-state index < -0.39 is 37.7 Å². The van der Waals surface area contributed by atoms with E-state index in [1.165, 1.54) is 98.6 Å². The number of fused-ring (bicyclic) bond motifs is 3. The fourth-order valence-corrected chi connectivity index (χ4v) is 14.7. The lowest BCUT2D eigenvalue weighted by atomic mass is 9.66. The van der Waals surface area contributed by atoms with Crippen molar-refractivity contribution in [3.05, 3.63) is 204 Å². The highest BCUT2D eigenvalue weighted by Gasteiger charge is 2.46. The molecule has 0 aromatic heterocycles. The Bertz CT molecular complexity index is 2660. The molecule has 0 bridgehead atoms. The van der Waals surface area contributed by atoms with Crippen molar-refractivity contribution in [1.29, 1.82) is 0 Å². The third kappa shape index (κ3) is 8.51. The number of hydrogen-bond donors (Lipinski definition) is 0. The molecule has 326 valence electrons. The average molecular weight is 912 g/mol. The van der Waals surface area contributed by atoms with Gasteiger partial charge in [-0.15, -0.1) is 0 Å². The Morgan fingerprint density at radius 1 is 0.246 bits per heavy atom. The summed E-state index contributed by atoms with van der Waals surface area (Å²) >= 11 is 0. The van der Waals surface area contributed by atoms with E-state index >= 15 is 0 Å². The van der Waals surface area contributed by atoms with E-state index in [9.17, 15) is 0 Å². The molecule has 65 heavy (non-hydrogen) atoms. The topological polar surface area (TPSA) is 0 Å². The Kier molecular flexibility index (Phi) is 11.4. The first-order chi connectivity index (χ1) is 30.7. The highest BCUT2D eigenvalue weighted by atomic mass is 28.3. The highest BCUT2D eigenvalue weighted by molar-refractivity contribution is 6.90. The van der Waals surface area contributed by atoms with Gasteiger partial charge in [-0.05, 0) is 114 Å². The minimum atomic E-state index is -1.49. The van der Waals surface area contributed by atoms with Gasteiger partial charge in [0.1, 0.15) is 0 Å². The van der Waals surface area contributed by atoms with Crippen LogP contribution in [0, 0.1) is 0 Å². The Balaban J connectivity index is 1.38. The fourth-order valence-electron chi connectivity index (χ4n) is 10.0. The van der Waals surface area contributed by atoms with Crippen LogP contribution in [0.3, 0.4) is 0 Å². The Morgan fingerprint density at radius 3 is 0.708 bits per heavy atom. The summed E-state index contributed by atoms with van der Waals surface area (Å²) in [4.78, 5) is 0. The summed E-state index contributed by atoms with van der Waals surface area (Å²) in [6, 6.07) is 71.6. The molecular formula is C61H66Si4. The summed E-state index contributed by atoms with van der Waals surface area (Å²) in [6.07, 6.45) is 0. The van der Waals surface area contributed by atoms with Gasteiger partial charge >= 0.3 is 0 Å². The average Bonchev–Trinajstić information content (AvgIpc) is 3.59. The molecule has 8 aromatic rings. The van der Waals surface area contributed by atoms with Gasteiger partial charge in [0.15, 0.2) is 0 Å². The van der Waals surface area contributed by atoms with Crippen molar-refractivity contribution in [3.8, 4) is 55.6 Å². The van der Waals surface area contributed by atoms with Crippen LogP contribution in [0.1, 0.15) is 22.3 Å². The number of hydrogen-bond acceptors (Lipinski definition) is 0. The van der Waals surface area contributed by atoms with Crippen LogP contribution in [-0.4, -0.2) is 32.3 Å². The van der Waals surface area contributed by atoms with Gasteiger partial charge in [0.25, 0.3) is 0 Å². The van der Waals surface area contributed by atoms with Crippen molar-refractivity contribution >= 4 is 53.0 Å². The van der Waals surface area contributed by atoms with Gasteiger partial charge in [0.05, 0.1) is 37.7 Å². The van der Waals surface area contributed by atoms with E-state index in [1.807, 2.05) is 0 Å². The molecule has 4 heteroatoms. The zero-order valence-corrected chi connectivity index (χ0v) is 44.8. The molecule has 1 aliphatic carbocycles. The van der Waals surface area contributed by atoms with Gasteiger partial charge < -0.3 is 0 Å². The van der Waals surface area contributed by atoms with Crippen LogP contribution in [0.2, 0.25) is 78.6 Å². The predicted octanol–water partition coefficient (Wildman–Crippen LogP) is 14.9. The molecule has 9 rings (SSSR count). The first-order valence-corrected chi connectivity index (χ1v) is 37.7. The van der Waals surface area contributed by atoms with Crippen molar-refractivity contribution in [3.63, 3.8) is 0 Å². The van der Waals surface area contributed by atoms with Crippen LogP contribution in [0.4, 0.5) is 0 Å². The summed E-state index contributed by atoms with van der Waals surface area (Å²) in [5, 5.41) is 5.93. The van der Waals surface area contributed by atoms with Gasteiger partial charge in [-0.2, -0.15) is 0 Å². The van der Waals surface area contributed by atoms with Gasteiger partial charge in [0, 0.05) is 0 Å². The van der Waals surface area contributed by atoms with Crippen LogP contribution in [0.5, 0.6) is 0 Å². The maximum absolute atomic E-state index is 2.53. The normalized spacial score (nSPS) is 13.7. The first-order valence-electron chi connectivity index (χ1n) is 23.7. The van der Waals surface area contributed by atoms with E-state index in [0.29, 0.717) is 0 Å². The lowest BCUT2D eigenvalue weighted by molar-refractivity contribution is 0.770. The monoisotopic (exact) mass is 910 g/mol. The summed E-state index contributed by atoms with van der Waals surface area (Å²) in [5.41, 5.74) is 17.2. The van der Waals surface area contributed by atoms with Crippen LogP contribution >= 0.6 is 0 Å². The maximum atomic E-state index is 2.53. The summed E-state index contributed by atoms with van der Waals surface area (Å²) in [5.74, 6) is 0. The second-order valence-corrected chi connectivity index (χ2v) is 43.1. The van der Waals surface area contributed by atoms with Crippen LogP contribution < -0.4 is 20.7 Å². The van der Waals surface area contributed by atoms with Crippen LogP contribution in [0.15, 0.2) is 182 Å². The van der Waals surface area contributed by atoms with E-state index in [2.05, 4.69) is 261 Å². The quantitative estimate of drug-likeness (QED) is 0.120. The van der Waals surface area contributed by atoms with Crippen molar-refractivity contribution in [2.45, 2.75) is 84.0 Å². The predicted molar refractivity (Wildman–Crippen MR) is 297 cm³/mol. The van der Waals surface area contributed by atoms with Gasteiger partial charge in [-0.3, -0.25) is 0 Å². The zero-order valence-electron chi connectivity index (χ0n) is 40.8. The van der Waals surface area contributed by atoms with Crippen molar-refractivity contribution in [2.75, 3.05) is 0 Å². The largest absolute Gasteiger partial charge is 0.0775 e. The van der Waals surface area contributed by atoms with E-state index in [1.54, 1.807) is 0 Å². The SMILES string of the molecule is C[Si](C)(C)c1ccc(-c2cc(-c3ccc([Si](C)(C)C)cc3)cc(C3(c4cc(-c5ccc([Si](C)(C)C)cc5)cc(-c5ccc([Si](C)(C)C)cc5)c4)c4ccccc4-c4ccccc43)c2)cc1. The lowest BCUT2D eigenvalue weighted by Crippen LogP contribution is -2.37. The zero-order chi connectivity index (χ0) is 46.1. The molecule has 0 fully saturated rings. The smallest absolute Gasteiger partial charge is 0.0656 e. The third-order valence-electron chi connectivity index (χ3n) is 14.0. The molecule has 8 aromatic carbocycles. The molecule has 0 radical (unpaired) electrons. The second kappa shape index (κ2) is 16.5. The molecule has 0 saturated heterocycles. The molecule has 1 aliphatic rings. The molecule has 0 aliphatic heterocycles. The molecule has 0 N–H and O–H groups in total. The molecule has 0 unspecified atom stereocenters. The van der Waals surface area contributed by atoms with Gasteiger partial charge in [-0.25, -0.2) is 0 Å². The molecule has 0 spiro atoms. The van der Waals surface area contributed by atoms with E-state index in [0.717, 1.165) is 0 Å². The molecule has 0 nitrogen and oxygen atoms in total. The first kappa shape index (κ1) is 44.8. The summed E-state index contributed by atoms with van der Waals surface area (Å²) in [7, 11) is -5.98. The minimum Gasteiger partial charge on any atom is -0.0656 e. The Labute approximate surface area is 394 Å². The minimum absolute atomic E-state index is 0.615. The van der Waals surface area contributed by atoms with Gasteiger partial charge in [0.2, 0.25) is 0 Å². The molecule has 0 saturated carbocycles. The van der Waals surface area contributed by atoms with E-state index in [-0.39, 0.29) is 0 Å². The van der Waals surface area contributed by atoms with Crippen LogP contribution in [-0.2, 0) is 5.41 Å².